The Bertz CT molecular complexity index is 236. The Kier molecular flexibility index (Phi) is 6.78. The molecule has 0 saturated carbocycles. The molecule has 0 radical (unpaired) electrons. The maximum atomic E-state index is 10.3. The van der Waals surface area contributed by atoms with Gasteiger partial charge in [0, 0.05) is 6.61 Å². The van der Waals surface area contributed by atoms with Gasteiger partial charge in [-0.3, -0.25) is 0 Å². The fraction of sp³-hybridized carbons (Fsp3) is 0.917. The summed E-state index contributed by atoms with van der Waals surface area (Å²) in [6, 6.07) is 0. The first-order chi connectivity index (χ1) is 7.67. The van der Waals surface area contributed by atoms with E-state index < -0.39 is 14.4 Å². The highest BCUT2D eigenvalue weighted by molar-refractivity contribution is 6.74. The van der Waals surface area contributed by atoms with E-state index in [4.69, 9.17) is 10.2 Å². The zero-order valence-corrected chi connectivity index (χ0v) is 12.8. The Hall–Kier alpha value is -0.553. The summed E-state index contributed by atoms with van der Waals surface area (Å²) in [6.07, 6.45) is 2.17. The minimum Gasteiger partial charge on any atom is -0.450 e. The second-order valence-electron chi connectivity index (χ2n) is 5.84. The third-order valence-corrected chi connectivity index (χ3v) is 7.84. The van der Waals surface area contributed by atoms with Gasteiger partial charge in [0.25, 0.3) is 0 Å². The molecule has 0 aromatic carbocycles. The molecule has 4 nitrogen and oxygen atoms in total. The lowest BCUT2D eigenvalue weighted by Gasteiger charge is -2.36. The van der Waals surface area contributed by atoms with Crippen LogP contribution in [0.25, 0.3) is 0 Å². The second kappa shape index (κ2) is 7.01. The van der Waals surface area contributed by atoms with Crippen LogP contribution >= 0.6 is 0 Å². The average molecular weight is 261 g/mol. The van der Waals surface area contributed by atoms with E-state index in [2.05, 4.69) is 38.6 Å². The van der Waals surface area contributed by atoms with Crippen LogP contribution in [0.1, 0.15) is 40.0 Å². The standard InChI is InChI=1S/C12H27NO3Si/c1-12(2,3)17(4,5)16-10-8-6-7-9-15-11(13)14/h6-10H2,1-5H3,(H2,13,14). The van der Waals surface area contributed by atoms with Gasteiger partial charge in [-0.15, -0.1) is 0 Å². The lowest BCUT2D eigenvalue weighted by molar-refractivity contribution is 0.153. The summed E-state index contributed by atoms with van der Waals surface area (Å²) in [7, 11) is -1.60. The third kappa shape index (κ3) is 7.39. The van der Waals surface area contributed by atoms with Crippen molar-refractivity contribution in [1.29, 1.82) is 0 Å². The SMILES string of the molecule is CC(C)(C)[Si](C)(C)OCCCCCOC(N)=O. The highest BCUT2D eigenvalue weighted by Crippen LogP contribution is 2.36. The minimum atomic E-state index is -1.60. The summed E-state index contributed by atoms with van der Waals surface area (Å²) in [5.41, 5.74) is 4.86. The number of nitrogens with two attached hydrogens (primary N) is 1. The van der Waals surface area contributed by atoms with E-state index in [-0.39, 0.29) is 5.04 Å². The van der Waals surface area contributed by atoms with Crippen molar-refractivity contribution in [2.75, 3.05) is 13.2 Å². The van der Waals surface area contributed by atoms with Crippen LogP contribution in [-0.4, -0.2) is 27.6 Å². The van der Waals surface area contributed by atoms with Crippen LogP contribution in [0.3, 0.4) is 0 Å². The molecule has 0 aliphatic heterocycles. The van der Waals surface area contributed by atoms with Gasteiger partial charge in [0.15, 0.2) is 8.32 Å². The van der Waals surface area contributed by atoms with Gasteiger partial charge in [-0.05, 0) is 37.4 Å². The van der Waals surface area contributed by atoms with Crippen LogP contribution in [0.15, 0.2) is 0 Å². The molecule has 0 spiro atoms. The number of amides is 1. The van der Waals surface area contributed by atoms with Crippen molar-refractivity contribution >= 4 is 14.4 Å². The van der Waals surface area contributed by atoms with Crippen LogP contribution in [0, 0.1) is 0 Å². The van der Waals surface area contributed by atoms with Gasteiger partial charge in [0.2, 0.25) is 0 Å². The van der Waals surface area contributed by atoms with Crippen LogP contribution in [-0.2, 0) is 9.16 Å². The van der Waals surface area contributed by atoms with Gasteiger partial charge >= 0.3 is 6.09 Å². The molecule has 0 bridgehead atoms. The third-order valence-electron chi connectivity index (χ3n) is 3.30. The minimum absolute atomic E-state index is 0.266. The first kappa shape index (κ1) is 16.4. The van der Waals surface area contributed by atoms with Gasteiger partial charge in [-0.25, -0.2) is 4.79 Å². The van der Waals surface area contributed by atoms with E-state index >= 15 is 0 Å². The largest absolute Gasteiger partial charge is 0.450 e. The molecule has 5 heteroatoms. The molecule has 0 aliphatic rings. The number of rotatable bonds is 7. The molecule has 0 aromatic heterocycles. The van der Waals surface area contributed by atoms with Gasteiger partial charge in [0.05, 0.1) is 6.61 Å². The van der Waals surface area contributed by atoms with Gasteiger partial charge in [-0.2, -0.15) is 0 Å². The molecule has 0 unspecified atom stereocenters. The normalized spacial score (nSPS) is 12.5. The first-order valence-electron chi connectivity index (χ1n) is 6.23. The molecule has 0 fully saturated rings. The number of ether oxygens (including phenoxy) is 1. The van der Waals surface area contributed by atoms with Crippen LogP contribution in [0.2, 0.25) is 18.1 Å². The van der Waals surface area contributed by atoms with Gasteiger partial charge < -0.3 is 14.9 Å². The van der Waals surface area contributed by atoms with Crippen molar-refractivity contribution in [1.82, 2.24) is 0 Å². The van der Waals surface area contributed by atoms with Crippen molar-refractivity contribution < 1.29 is 14.0 Å². The highest BCUT2D eigenvalue weighted by Gasteiger charge is 2.36. The van der Waals surface area contributed by atoms with Crippen molar-refractivity contribution in [3.05, 3.63) is 0 Å². The fourth-order valence-corrected chi connectivity index (χ4v) is 2.19. The number of carbonyl (C=O) groups is 1. The number of hydrogen-bond acceptors (Lipinski definition) is 3. The van der Waals surface area contributed by atoms with Crippen molar-refractivity contribution in [3.8, 4) is 0 Å². The molecule has 0 aromatic rings. The number of unbranched alkanes of at least 4 members (excludes halogenated alkanes) is 2. The van der Waals surface area contributed by atoms with Gasteiger partial charge in [0.1, 0.15) is 0 Å². The zero-order valence-electron chi connectivity index (χ0n) is 11.8. The Morgan fingerprint density at radius 3 is 2.12 bits per heavy atom. The molecule has 0 heterocycles. The predicted molar refractivity (Wildman–Crippen MR) is 72.5 cm³/mol. The summed E-state index contributed by atoms with van der Waals surface area (Å²) in [5.74, 6) is 0. The molecule has 0 rings (SSSR count). The Morgan fingerprint density at radius 1 is 1.12 bits per heavy atom. The summed E-state index contributed by atoms with van der Waals surface area (Å²) in [5, 5.41) is 0.266. The molecule has 0 aliphatic carbocycles. The fourth-order valence-electron chi connectivity index (χ4n) is 1.10. The van der Waals surface area contributed by atoms with E-state index in [1.165, 1.54) is 0 Å². The summed E-state index contributed by atoms with van der Waals surface area (Å²) < 4.78 is 10.7. The molecule has 0 atom stereocenters. The molecular weight excluding hydrogens is 234 g/mol. The molecule has 1 amide bonds. The monoisotopic (exact) mass is 261 g/mol. The van der Waals surface area contributed by atoms with Crippen molar-refractivity contribution in [2.24, 2.45) is 5.73 Å². The molecule has 102 valence electrons. The highest BCUT2D eigenvalue weighted by atomic mass is 28.4. The summed E-state index contributed by atoms with van der Waals surface area (Å²) in [6.45, 7) is 12.4. The average Bonchev–Trinajstić information content (AvgIpc) is 2.13. The van der Waals surface area contributed by atoms with Crippen molar-refractivity contribution in [3.63, 3.8) is 0 Å². The van der Waals surface area contributed by atoms with Crippen LogP contribution in [0.4, 0.5) is 4.79 Å². The van der Waals surface area contributed by atoms with Crippen LogP contribution in [0.5, 0.6) is 0 Å². The topological polar surface area (TPSA) is 61.6 Å². The molecular formula is C12H27NO3Si. The summed E-state index contributed by atoms with van der Waals surface area (Å²) in [4.78, 5) is 10.3. The smallest absolute Gasteiger partial charge is 0.404 e. The quantitative estimate of drug-likeness (QED) is 0.565. The molecule has 0 saturated heterocycles. The lowest BCUT2D eigenvalue weighted by atomic mass is 10.2. The second-order valence-corrected chi connectivity index (χ2v) is 10.6. The van der Waals surface area contributed by atoms with Gasteiger partial charge in [-0.1, -0.05) is 20.8 Å². The molecule has 17 heavy (non-hydrogen) atoms. The number of carbonyl (C=O) groups excluding carboxylic acids is 1. The van der Waals surface area contributed by atoms with E-state index in [0.29, 0.717) is 6.61 Å². The Balaban J connectivity index is 3.55. The maximum Gasteiger partial charge on any atom is 0.404 e. The number of primary amides is 1. The zero-order chi connectivity index (χ0) is 13.5. The van der Waals surface area contributed by atoms with E-state index in [0.717, 1.165) is 25.9 Å². The lowest BCUT2D eigenvalue weighted by Crippen LogP contribution is -2.40. The predicted octanol–water partition coefficient (Wildman–Crippen LogP) is 3.27. The Morgan fingerprint density at radius 2 is 1.65 bits per heavy atom. The van der Waals surface area contributed by atoms with E-state index in [1.54, 1.807) is 0 Å². The van der Waals surface area contributed by atoms with E-state index in [9.17, 15) is 4.79 Å². The maximum absolute atomic E-state index is 10.3. The van der Waals surface area contributed by atoms with E-state index in [1.807, 2.05) is 0 Å². The first-order valence-corrected chi connectivity index (χ1v) is 9.14. The Labute approximate surface area is 106 Å². The van der Waals surface area contributed by atoms with Crippen LogP contribution < -0.4 is 5.73 Å². The summed E-state index contributed by atoms with van der Waals surface area (Å²) >= 11 is 0. The van der Waals surface area contributed by atoms with Crippen molar-refractivity contribution in [2.45, 2.75) is 58.2 Å². The molecule has 2 N–H and O–H groups in total. The number of hydrogen-bond donors (Lipinski definition) is 1.